The molecule has 2 rings (SSSR count). The van der Waals surface area contributed by atoms with Gasteiger partial charge in [0.15, 0.2) is 0 Å². The monoisotopic (exact) mass is 362 g/mol. The van der Waals surface area contributed by atoms with Gasteiger partial charge in [-0.1, -0.05) is 94.1 Å². The minimum absolute atomic E-state index is 0.239. The second-order valence-corrected chi connectivity index (χ2v) is 6.41. The average Bonchev–Trinajstić information content (AvgIpc) is 2.71. The van der Waals surface area contributed by atoms with Crippen molar-refractivity contribution in [3.8, 4) is 6.07 Å². The minimum Gasteiger partial charge on any atom is -0.477 e. The molecule has 141 valence electrons. The van der Waals surface area contributed by atoms with Crippen molar-refractivity contribution in [3.05, 3.63) is 77.4 Å². The van der Waals surface area contributed by atoms with E-state index in [0.717, 1.165) is 12.0 Å². The molecule has 1 atom stereocenters. The fourth-order valence-corrected chi connectivity index (χ4v) is 2.68. The highest BCUT2D eigenvalue weighted by atomic mass is 16.4. The van der Waals surface area contributed by atoms with E-state index in [-0.39, 0.29) is 5.57 Å². The smallest absolute Gasteiger partial charge is 0.346 e. The van der Waals surface area contributed by atoms with E-state index in [0.29, 0.717) is 5.92 Å². The lowest BCUT2D eigenvalue weighted by Gasteiger charge is -2.14. The molecule has 0 spiro atoms. The summed E-state index contributed by atoms with van der Waals surface area (Å²) < 4.78 is 0. The highest BCUT2D eigenvalue weighted by molar-refractivity contribution is 5.96. The van der Waals surface area contributed by atoms with Crippen LogP contribution in [0.3, 0.4) is 0 Å². The molecule has 3 nitrogen and oxygen atoms in total. The molecule has 0 aliphatic carbocycles. The number of unbranched alkanes of at least 4 members (excludes halogenated alkanes) is 1. The lowest BCUT2D eigenvalue weighted by molar-refractivity contribution is -0.132. The zero-order valence-electron chi connectivity index (χ0n) is 16.2. The molecular weight excluding hydrogens is 334 g/mol. The molecular formula is C24H28NO2. The van der Waals surface area contributed by atoms with Crippen molar-refractivity contribution in [2.24, 2.45) is 5.92 Å². The van der Waals surface area contributed by atoms with Crippen LogP contribution in [0, 0.1) is 23.3 Å². The normalized spacial score (nSPS) is 11.7. The molecule has 0 aliphatic rings. The van der Waals surface area contributed by atoms with Gasteiger partial charge in [-0.15, -0.1) is 0 Å². The van der Waals surface area contributed by atoms with E-state index in [1.807, 2.05) is 54.6 Å². The summed E-state index contributed by atoms with van der Waals surface area (Å²) in [5.41, 5.74) is 1.78. The van der Waals surface area contributed by atoms with E-state index in [1.165, 1.54) is 37.3 Å². The molecule has 1 N–H and O–H groups in total. The zero-order chi connectivity index (χ0) is 19.9. The predicted octanol–water partition coefficient (Wildman–Crippen LogP) is 5.92. The third kappa shape index (κ3) is 9.42. The second kappa shape index (κ2) is 13.4. The molecule has 0 heterocycles. The number of benzene rings is 2. The van der Waals surface area contributed by atoms with Crippen molar-refractivity contribution in [1.29, 1.82) is 5.26 Å². The van der Waals surface area contributed by atoms with Crippen molar-refractivity contribution in [2.75, 3.05) is 0 Å². The number of carbonyl (C=O) groups is 1. The van der Waals surface area contributed by atoms with Crippen LogP contribution in [-0.4, -0.2) is 11.1 Å². The first kappa shape index (κ1) is 22.2. The van der Waals surface area contributed by atoms with Crippen LogP contribution in [0.4, 0.5) is 0 Å². The summed E-state index contributed by atoms with van der Waals surface area (Å²) in [5, 5.41) is 17.6. The summed E-state index contributed by atoms with van der Waals surface area (Å²) in [6, 6.07) is 22.0. The summed E-state index contributed by atoms with van der Waals surface area (Å²) in [5.74, 6) is -0.479. The molecule has 0 saturated carbocycles. The Bertz CT molecular complexity index is 701. The topological polar surface area (TPSA) is 61.1 Å². The average molecular weight is 362 g/mol. The van der Waals surface area contributed by atoms with E-state index in [2.05, 4.69) is 19.9 Å². The Hall–Kier alpha value is -2.86. The largest absolute Gasteiger partial charge is 0.477 e. The Kier molecular flexibility index (Phi) is 11.0. The number of hydrogen-bond donors (Lipinski definition) is 1. The Balaban J connectivity index is 0.000000511. The molecule has 1 unspecified atom stereocenters. The maximum atomic E-state index is 10.8. The second-order valence-electron chi connectivity index (χ2n) is 6.41. The minimum atomic E-state index is -1.19. The van der Waals surface area contributed by atoms with Crippen LogP contribution >= 0.6 is 0 Å². The van der Waals surface area contributed by atoms with Crippen LogP contribution in [-0.2, 0) is 11.2 Å². The van der Waals surface area contributed by atoms with Crippen LogP contribution in [0.2, 0.25) is 0 Å². The summed E-state index contributed by atoms with van der Waals surface area (Å²) in [7, 11) is 0. The zero-order valence-corrected chi connectivity index (χ0v) is 16.2. The van der Waals surface area contributed by atoms with Gasteiger partial charge in [0.1, 0.15) is 11.6 Å². The third-order valence-electron chi connectivity index (χ3n) is 4.32. The van der Waals surface area contributed by atoms with Gasteiger partial charge >= 0.3 is 5.97 Å². The maximum absolute atomic E-state index is 10.8. The first-order valence-electron chi connectivity index (χ1n) is 9.45. The van der Waals surface area contributed by atoms with Crippen molar-refractivity contribution < 1.29 is 9.90 Å². The molecule has 2 aromatic rings. The number of carboxylic acid groups (broad SMARTS) is 1. The Morgan fingerprint density at radius 1 is 1.19 bits per heavy atom. The first-order valence-corrected chi connectivity index (χ1v) is 9.45. The van der Waals surface area contributed by atoms with Crippen LogP contribution in [0.1, 0.15) is 50.7 Å². The van der Waals surface area contributed by atoms with Crippen molar-refractivity contribution in [2.45, 2.75) is 46.0 Å². The van der Waals surface area contributed by atoms with Crippen LogP contribution < -0.4 is 0 Å². The number of rotatable bonds is 8. The van der Waals surface area contributed by atoms with Crippen molar-refractivity contribution >= 4 is 12.0 Å². The number of hydrogen-bond acceptors (Lipinski definition) is 2. The molecule has 27 heavy (non-hydrogen) atoms. The highest BCUT2D eigenvalue weighted by Crippen LogP contribution is 2.19. The van der Waals surface area contributed by atoms with Crippen molar-refractivity contribution in [3.63, 3.8) is 0 Å². The SMILES string of the molecule is CCCCC(CC)Cc1ccc(C=C(C#N)C(=O)O)cc1.[c]1ccccc1. The Morgan fingerprint density at radius 3 is 2.26 bits per heavy atom. The van der Waals surface area contributed by atoms with Gasteiger partial charge in [-0.05, 0) is 35.6 Å². The maximum Gasteiger partial charge on any atom is 0.346 e. The van der Waals surface area contributed by atoms with Gasteiger partial charge in [0.2, 0.25) is 0 Å². The molecule has 0 aliphatic heterocycles. The predicted molar refractivity (Wildman–Crippen MR) is 110 cm³/mol. The van der Waals surface area contributed by atoms with E-state index < -0.39 is 5.97 Å². The fraction of sp³-hybridized carbons (Fsp3) is 0.333. The summed E-state index contributed by atoms with van der Waals surface area (Å²) >= 11 is 0. The van der Waals surface area contributed by atoms with E-state index in [4.69, 9.17) is 10.4 Å². The van der Waals surface area contributed by atoms with E-state index in [9.17, 15) is 4.79 Å². The lowest BCUT2D eigenvalue weighted by Crippen LogP contribution is -2.03. The van der Waals surface area contributed by atoms with Gasteiger partial charge in [0.05, 0.1) is 0 Å². The van der Waals surface area contributed by atoms with Crippen molar-refractivity contribution in [1.82, 2.24) is 0 Å². The summed E-state index contributed by atoms with van der Waals surface area (Å²) in [6.45, 7) is 4.44. The number of nitrogens with zero attached hydrogens (tertiary/aromatic N) is 1. The van der Waals surface area contributed by atoms with E-state index >= 15 is 0 Å². The Labute approximate surface area is 163 Å². The lowest BCUT2D eigenvalue weighted by atomic mass is 9.91. The molecule has 3 heteroatoms. The van der Waals surface area contributed by atoms with Gasteiger partial charge in [0, 0.05) is 0 Å². The summed E-state index contributed by atoms with van der Waals surface area (Å²) in [4.78, 5) is 10.8. The van der Waals surface area contributed by atoms with Crippen LogP contribution in [0.15, 0.2) is 60.2 Å². The van der Waals surface area contributed by atoms with Gasteiger partial charge in [-0.3, -0.25) is 0 Å². The highest BCUT2D eigenvalue weighted by Gasteiger charge is 2.08. The quantitative estimate of drug-likeness (QED) is 0.468. The Morgan fingerprint density at radius 2 is 1.85 bits per heavy atom. The molecule has 0 saturated heterocycles. The third-order valence-corrected chi connectivity index (χ3v) is 4.32. The molecule has 0 fully saturated rings. The standard InChI is InChI=1S/C18H23NO2.C6H5/c1-3-5-6-14(4-2)11-15-7-9-16(10-8-15)12-17(13-19)18(20)21;1-2-4-6-5-3-1/h7-10,12,14H,3-6,11H2,1-2H3,(H,20,21);1-5H. The first-order chi connectivity index (χ1) is 13.1. The number of nitriles is 1. The van der Waals surface area contributed by atoms with Gasteiger partial charge < -0.3 is 5.11 Å². The number of carboxylic acids is 1. The van der Waals surface area contributed by atoms with Crippen LogP contribution in [0.5, 0.6) is 0 Å². The van der Waals surface area contributed by atoms with Gasteiger partial charge in [0.25, 0.3) is 0 Å². The molecule has 0 bridgehead atoms. The van der Waals surface area contributed by atoms with Crippen LogP contribution in [0.25, 0.3) is 6.08 Å². The number of aliphatic carboxylic acids is 1. The van der Waals surface area contributed by atoms with Gasteiger partial charge in [-0.2, -0.15) is 5.26 Å². The molecule has 2 aromatic carbocycles. The van der Waals surface area contributed by atoms with Gasteiger partial charge in [-0.25, -0.2) is 4.79 Å². The summed E-state index contributed by atoms with van der Waals surface area (Å²) in [6.07, 6.45) is 7.40. The molecule has 0 amide bonds. The molecule has 0 aromatic heterocycles. The fourth-order valence-electron chi connectivity index (χ4n) is 2.68. The van der Waals surface area contributed by atoms with E-state index in [1.54, 1.807) is 6.07 Å². The molecule has 1 radical (unpaired) electrons.